The molecule has 0 aliphatic carbocycles. The Balaban J connectivity index is 1.90. The molecule has 1 aromatic heterocycles. The molecule has 0 radical (unpaired) electrons. The summed E-state index contributed by atoms with van der Waals surface area (Å²) < 4.78 is 0. The molecule has 21 heavy (non-hydrogen) atoms. The first-order valence-corrected chi connectivity index (χ1v) is 7.68. The molecule has 110 valence electrons. The van der Waals surface area contributed by atoms with Gasteiger partial charge in [0, 0.05) is 17.8 Å². The lowest BCUT2D eigenvalue weighted by Crippen LogP contribution is -2.32. The van der Waals surface area contributed by atoms with E-state index in [0.29, 0.717) is 0 Å². The Morgan fingerprint density at radius 3 is 2.71 bits per heavy atom. The van der Waals surface area contributed by atoms with E-state index in [-0.39, 0.29) is 6.04 Å². The second-order valence-corrected chi connectivity index (χ2v) is 5.75. The van der Waals surface area contributed by atoms with Gasteiger partial charge in [-0.1, -0.05) is 30.2 Å². The summed E-state index contributed by atoms with van der Waals surface area (Å²) in [6.45, 7) is 0.966. The summed E-state index contributed by atoms with van der Waals surface area (Å²) in [5.74, 6) is 0. The van der Waals surface area contributed by atoms with Gasteiger partial charge >= 0.3 is 0 Å². The van der Waals surface area contributed by atoms with Crippen molar-refractivity contribution >= 4 is 11.6 Å². The van der Waals surface area contributed by atoms with Crippen molar-refractivity contribution in [2.45, 2.75) is 25.3 Å². The Morgan fingerprint density at radius 2 is 1.95 bits per heavy atom. The highest BCUT2D eigenvalue weighted by atomic mass is 35.5. The van der Waals surface area contributed by atoms with Gasteiger partial charge in [0.2, 0.25) is 0 Å². The molecule has 1 aromatic carbocycles. The third-order valence-electron chi connectivity index (χ3n) is 3.99. The number of halogens is 1. The zero-order valence-corrected chi connectivity index (χ0v) is 12.9. The molecular weight excluding hydrogens is 284 g/mol. The number of hydroxylamine groups is 2. The third kappa shape index (κ3) is 3.26. The van der Waals surface area contributed by atoms with Crippen LogP contribution in [0, 0.1) is 0 Å². The van der Waals surface area contributed by atoms with Crippen LogP contribution in [0.25, 0.3) is 11.1 Å². The molecule has 1 saturated heterocycles. The predicted molar refractivity (Wildman–Crippen MR) is 85.0 cm³/mol. The highest BCUT2D eigenvalue weighted by Gasteiger charge is 2.25. The number of benzene rings is 1. The van der Waals surface area contributed by atoms with Crippen molar-refractivity contribution in [3.8, 4) is 11.1 Å². The standard InChI is InChI=1S/C17H19ClN2O/c1-21-20-11-3-2-4-17(20)16-12-14(9-10-19-16)13-5-7-15(18)8-6-13/h5-10,12,17H,2-4,11H2,1H3. The molecule has 0 amide bonds. The molecular formula is C17H19ClN2O. The first-order valence-electron chi connectivity index (χ1n) is 7.30. The van der Waals surface area contributed by atoms with Crippen LogP contribution in [0.1, 0.15) is 31.0 Å². The normalized spacial score (nSPS) is 19.6. The van der Waals surface area contributed by atoms with Gasteiger partial charge < -0.3 is 4.84 Å². The van der Waals surface area contributed by atoms with Crippen molar-refractivity contribution in [2.75, 3.05) is 13.7 Å². The van der Waals surface area contributed by atoms with Crippen LogP contribution in [0.4, 0.5) is 0 Å². The molecule has 1 aliphatic heterocycles. The van der Waals surface area contributed by atoms with Gasteiger partial charge in [-0.3, -0.25) is 4.98 Å². The topological polar surface area (TPSA) is 25.4 Å². The Labute approximate surface area is 130 Å². The van der Waals surface area contributed by atoms with E-state index in [4.69, 9.17) is 16.4 Å². The second kappa shape index (κ2) is 6.56. The average Bonchev–Trinajstić information content (AvgIpc) is 2.55. The molecule has 3 rings (SSSR count). The minimum absolute atomic E-state index is 0.246. The van der Waals surface area contributed by atoms with Gasteiger partial charge in [0.1, 0.15) is 0 Å². The van der Waals surface area contributed by atoms with Gasteiger partial charge in [-0.25, -0.2) is 0 Å². The fraction of sp³-hybridized carbons (Fsp3) is 0.353. The maximum atomic E-state index is 5.95. The largest absolute Gasteiger partial charge is 0.302 e. The molecule has 0 N–H and O–H groups in total. The smallest absolute Gasteiger partial charge is 0.0773 e. The van der Waals surface area contributed by atoms with Gasteiger partial charge in [-0.15, -0.1) is 0 Å². The summed E-state index contributed by atoms with van der Waals surface area (Å²) in [6.07, 6.45) is 5.37. The van der Waals surface area contributed by atoms with Crippen LogP contribution >= 0.6 is 11.6 Å². The summed E-state index contributed by atoms with van der Waals surface area (Å²) in [5.41, 5.74) is 3.39. The van der Waals surface area contributed by atoms with Crippen molar-refractivity contribution < 1.29 is 4.84 Å². The summed E-state index contributed by atoms with van der Waals surface area (Å²) in [5, 5.41) is 2.79. The highest BCUT2D eigenvalue weighted by Crippen LogP contribution is 2.31. The van der Waals surface area contributed by atoms with E-state index in [1.54, 1.807) is 7.11 Å². The lowest BCUT2D eigenvalue weighted by Gasteiger charge is -2.33. The molecule has 3 nitrogen and oxygen atoms in total. The van der Waals surface area contributed by atoms with Crippen molar-refractivity contribution in [3.63, 3.8) is 0 Å². The molecule has 1 unspecified atom stereocenters. The monoisotopic (exact) mass is 302 g/mol. The van der Waals surface area contributed by atoms with E-state index in [9.17, 15) is 0 Å². The maximum absolute atomic E-state index is 5.95. The molecule has 1 atom stereocenters. The van der Waals surface area contributed by atoms with E-state index in [2.05, 4.69) is 11.1 Å². The zero-order chi connectivity index (χ0) is 14.7. The number of aromatic nitrogens is 1. The van der Waals surface area contributed by atoms with Crippen LogP contribution < -0.4 is 0 Å². The first-order chi connectivity index (χ1) is 10.3. The Hall–Kier alpha value is -1.42. The van der Waals surface area contributed by atoms with Crippen LogP contribution in [-0.2, 0) is 4.84 Å². The lowest BCUT2D eigenvalue weighted by molar-refractivity contribution is -0.177. The molecule has 2 heterocycles. The molecule has 1 aliphatic rings. The van der Waals surface area contributed by atoms with E-state index in [1.807, 2.05) is 41.6 Å². The fourth-order valence-electron chi connectivity index (χ4n) is 2.87. The highest BCUT2D eigenvalue weighted by molar-refractivity contribution is 6.30. The van der Waals surface area contributed by atoms with Gasteiger partial charge in [-0.2, -0.15) is 5.06 Å². The van der Waals surface area contributed by atoms with Crippen LogP contribution in [-0.4, -0.2) is 23.7 Å². The summed E-state index contributed by atoms with van der Waals surface area (Å²) in [6, 6.07) is 12.3. The molecule has 0 bridgehead atoms. The van der Waals surface area contributed by atoms with E-state index in [1.165, 1.54) is 18.4 Å². The van der Waals surface area contributed by atoms with Crippen molar-refractivity contribution in [1.82, 2.24) is 10.0 Å². The number of rotatable bonds is 3. The Bertz CT molecular complexity index is 600. The van der Waals surface area contributed by atoms with E-state index < -0.39 is 0 Å². The molecule has 0 saturated carbocycles. The number of pyridine rings is 1. The van der Waals surface area contributed by atoms with Gasteiger partial charge in [0.25, 0.3) is 0 Å². The minimum atomic E-state index is 0.246. The van der Waals surface area contributed by atoms with Crippen molar-refractivity contribution in [2.24, 2.45) is 0 Å². The van der Waals surface area contributed by atoms with Crippen molar-refractivity contribution in [3.05, 3.63) is 53.3 Å². The van der Waals surface area contributed by atoms with Crippen LogP contribution in [0.5, 0.6) is 0 Å². The predicted octanol–water partition coefficient (Wildman–Crippen LogP) is 4.49. The van der Waals surface area contributed by atoms with Crippen LogP contribution in [0.2, 0.25) is 5.02 Å². The quantitative estimate of drug-likeness (QED) is 0.835. The summed E-state index contributed by atoms with van der Waals surface area (Å²) >= 11 is 5.95. The first kappa shape index (κ1) is 14.5. The number of nitrogens with zero attached hydrogens (tertiary/aromatic N) is 2. The SMILES string of the molecule is CON1CCCCC1c1cc(-c2ccc(Cl)cc2)ccn1. The van der Waals surface area contributed by atoms with Gasteiger partial charge in [-0.05, 0) is 48.2 Å². The Morgan fingerprint density at radius 1 is 1.14 bits per heavy atom. The number of piperidine rings is 1. The second-order valence-electron chi connectivity index (χ2n) is 5.31. The average molecular weight is 303 g/mol. The third-order valence-corrected chi connectivity index (χ3v) is 4.24. The van der Waals surface area contributed by atoms with Gasteiger partial charge in [0.05, 0.1) is 18.8 Å². The number of hydrogen-bond donors (Lipinski definition) is 0. The molecule has 2 aromatic rings. The zero-order valence-electron chi connectivity index (χ0n) is 12.1. The Kier molecular flexibility index (Phi) is 4.54. The summed E-state index contributed by atoms with van der Waals surface area (Å²) in [7, 11) is 1.74. The van der Waals surface area contributed by atoms with Crippen molar-refractivity contribution in [1.29, 1.82) is 0 Å². The lowest BCUT2D eigenvalue weighted by atomic mass is 9.98. The molecule has 4 heteroatoms. The fourth-order valence-corrected chi connectivity index (χ4v) is 3.00. The summed E-state index contributed by atoms with van der Waals surface area (Å²) in [4.78, 5) is 10.1. The van der Waals surface area contributed by atoms with E-state index in [0.717, 1.165) is 29.2 Å². The number of hydrogen-bond acceptors (Lipinski definition) is 3. The van der Waals surface area contributed by atoms with Crippen LogP contribution in [0.15, 0.2) is 42.6 Å². The van der Waals surface area contributed by atoms with E-state index >= 15 is 0 Å². The molecule has 1 fully saturated rings. The van der Waals surface area contributed by atoms with Crippen LogP contribution in [0.3, 0.4) is 0 Å². The maximum Gasteiger partial charge on any atom is 0.0773 e. The molecule has 0 spiro atoms. The minimum Gasteiger partial charge on any atom is -0.302 e. The van der Waals surface area contributed by atoms with Gasteiger partial charge in [0.15, 0.2) is 0 Å².